The van der Waals surface area contributed by atoms with Gasteiger partial charge in [0.05, 0.1) is 11.6 Å². The zero-order valence-electron chi connectivity index (χ0n) is 26.1. The highest BCUT2D eigenvalue weighted by Crippen LogP contribution is 2.38. The molecule has 8 rings (SSSR count). The zero-order valence-corrected chi connectivity index (χ0v) is 26.9. The maximum absolute atomic E-state index is 9.52. The summed E-state index contributed by atoms with van der Waals surface area (Å²) in [5.74, 6) is 0. The normalized spacial score (nSPS) is 11.4. The molecule has 0 atom stereocenters. The summed E-state index contributed by atoms with van der Waals surface area (Å²) < 4.78 is 2.61. The molecule has 0 radical (unpaired) electrons. The van der Waals surface area contributed by atoms with Gasteiger partial charge in [-0.25, -0.2) is 0 Å². The summed E-state index contributed by atoms with van der Waals surface area (Å²) in [6.45, 7) is 0. The fourth-order valence-corrected chi connectivity index (χ4v) is 7.36. The van der Waals surface area contributed by atoms with Crippen LogP contribution in [0.1, 0.15) is 22.3 Å². The molecular weight excluding hydrogens is 601 g/mol. The second-order valence-electron chi connectivity index (χ2n) is 11.8. The molecule has 0 amide bonds. The Morgan fingerprint density at radius 2 is 1.17 bits per heavy atom. The number of anilines is 2. The van der Waals surface area contributed by atoms with Crippen molar-refractivity contribution >= 4 is 54.5 Å². The summed E-state index contributed by atoms with van der Waals surface area (Å²) >= 11 is 1.84. The molecule has 1 heterocycles. The molecule has 0 aliphatic heterocycles. The Morgan fingerprint density at radius 1 is 0.500 bits per heavy atom. The van der Waals surface area contributed by atoms with E-state index in [0.717, 1.165) is 44.8 Å². The van der Waals surface area contributed by atoms with Crippen molar-refractivity contribution in [1.29, 1.82) is 5.26 Å². The lowest BCUT2D eigenvalue weighted by Gasteiger charge is -2.14. The molecule has 0 aliphatic carbocycles. The molecule has 8 aromatic rings. The smallest absolute Gasteiger partial charge is 0.0991 e. The number of nitrogens with one attached hydrogen (secondary N) is 1. The fourth-order valence-electron chi connectivity index (χ4n) is 6.27. The first kappa shape index (κ1) is 29.2. The van der Waals surface area contributed by atoms with Crippen molar-refractivity contribution in [3.63, 3.8) is 0 Å². The summed E-state index contributed by atoms with van der Waals surface area (Å²) in [5.41, 5.74) is 11.6. The average molecular weight is 631 g/mol. The van der Waals surface area contributed by atoms with Crippen LogP contribution in [0.3, 0.4) is 0 Å². The minimum absolute atomic E-state index is 0.647. The van der Waals surface area contributed by atoms with E-state index >= 15 is 0 Å². The minimum atomic E-state index is 0.647. The molecular formula is C45H30N2S. The van der Waals surface area contributed by atoms with Crippen LogP contribution in [-0.2, 0) is 0 Å². The number of nitrogens with zero attached hydrogens (tertiary/aromatic N) is 1. The third-order valence-corrected chi connectivity index (χ3v) is 9.80. The van der Waals surface area contributed by atoms with E-state index in [4.69, 9.17) is 0 Å². The molecule has 226 valence electrons. The Kier molecular flexibility index (Phi) is 7.84. The first-order chi connectivity index (χ1) is 23.7. The quantitative estimate of drug-likeness (QED) is 0.178. The van der Waals surface area contributed by atoms with Crippen molar-refractivity contribution < 1.29 is 0 Å². The van der Waals surface area contributed by atoms with Gasteiger partial charge in [0.15, 0.2) is 0 Å². The minimum Gasteiger partial charge on any atom is -0.355 e. The van der Waals surface area contributed by atoms with Crippen LogP contribution in [0.2, 0.25) is 0 Å². The van der Waals surface area contributed by atoms with Crippen LogP contribution in [-0.4, -0.2) is 0 Å². The van der Waals surface area contributed by atoms with E-state index in [2.05, 4.69) is 163 Å². The predicted molar refractivity (Wildman–Crippen MR) is 204 cm³/mol. The lowest BCUT2D eigenvalue weighted by Crippen LogP contribution is -1.94. The molecule has 1 N–H and O–H groups in total. The summed E-state index contributed by atoms with van der Waals surface area (Å²) in [7, 11) is 0. The van der Waals surface area contributed by atoms with E-state index < -0.39 is 0 Å². The first-order valence-corrected chi connectivity index (χ1v) is 16.8. The SMILES string of the molecule is N#Cc1cccc(-c2cc(Nc3ccc(C(=Cc4ccccc4)c4ccc5sc6ccccc6c5c4)cc3)cc(-c3ccccc3)c2)c1. The van der Waals surface area contributed by atoms with Crippen molar-refractivity contribution in [2.75, 3.05) is 5.32 Å². The van der Waals surface area contributed by atoms with Crippen LogP contribution >= 0.6 is 11.3 Å². The van der Waals surface area contributed by atoms with E-state index in [-0.39, 0.29) is 0 Å². The molecule has 0 bridgehead atoms. The predicted octanol–water partition coefficient (Wildman–Crippen LogP) is 12.6. The van der Waals surface area contributed by atoms with Crippen LogP contribution in [0, 0.1) is 11.3 Å². The van der Waals surface area contributed by atoms with E-state index in [1.165, 1.54) is 31.3 Å². The monoisotopic (exact) mass is 630 g/mol. The van der Waals surface area contributed by atoms with E-state index in [1.54, 1.807) is 0 Å². The fraction of sp³-hybridized carbons (Fsp3) is 0. The van der Waals surface area contributed by atoms with Gasteiger partial charge in [-0.05, 0) is 111 Å². The molecule has 0 unspecified atom stereocenters. The van der Waals surface area contributed by atoms with Gasteiger partial charge in [-0.1, -0.05) is 109 Å². The number of hydrogen-bond acceptors (Lipinski definition) is 3. The standard InChI is InChI=1S/C45H30N2S/c46-30-32-12-9-15-35(24-32)38-26-37(33-13-5-2-6-14-33)27-40(28-38)47-39-21-18-34(19-22-39)42(25-31-10-3-1-4-11-31)36-20-23-45-43(29-36)41-16-7-8-17-44(41)48-45/h1-29,47H. The number of nitriles is 1. The van der Waals surface area contributed by atoms with Crippen LogP contribution in [0.4, 0.5) is 11.4 Å². The Bertz CT molecular complexity index is 2470. The number of hydrogen-bond donors (Lipinski definition) is 1. The van der Waals surface area contributed by atoms with Gasteiger partial charge >= 0.3 is 0 Å². The summed E-state index contributed by atoms with van der Waals surface area (Å²) in [6.07, 6.45) is 2.28. The Morgan fingerprint density at radius 3 is 1.96 bits per heavy atom. The number of benzene rings is 7. The van der Waals surface area contributed by atoms with Gasteiger partial charge in [0.1, 0.15) is 0 Å². The van der Waals surface area contributed by atoms with Crippen molar-refractivity contribution in [1.82, 2.24) is 0 Å². The van der Waals surface area contributed by atoms with Crippen LogP contribution in [0.25, 0.3) is 54.1 Å². The van der Waals surface area contributed by atoms with Gasteiger partial charge < -0.3 is 5.32 Å². The van der Waals surface area contributed by atoms with Crippen LogP contribution in [0.5, 0.6) is 0 Å². The highest BCUT2D eigenvalue weighted by atomic mass is 32.1. The van der Waals surface area contributed by atoms with Gasteiger partial charge in [0, 0.05) is 31.5 Å². The molecule has 2 nitrogen and oxygen atoms in total. The molecule has 0 aliphatic rings. The van der Waals surface area contributed by atoms with E-state index in [0.29, 0.717) is 5.56 Å². The van der Waals surface area contributed by atoms with Gasteiger partial charge in [0.2, 0.25) is 0 Å². The number of fused-ring (bicyclic) bond motifs is 3. The Balaban J connectivity index is 1.17. The Labute approximate surface area is 284 Å². The van der Waals surface area contributed by atoms with E-state index in [1.807, 2.05) is 35.6 Å². The molecule has 0 saturated heterocycles. The molecule has 7 aromatic carbocycles. The third kappa shape index (κ3) is 6.01. The van der Waals surface area contributed by atoms with E-state index in [9.17, 15) is 5.26 Å². The maximum Gasteiger partial charge on any atom is 0.0991 e. The van der Waals surface area contributed by atoms with Crippen LogP contribution < -0.4 is 5.32 Å². The van der Waals surface area contributed by atoms with Crippen molar-refractivity contribution in [3.05, 3.63) is 192 Å². The largest absolute Gasteiger partial charge is 0.355 e. The first-order valence-electron chi connectivity index (χ1n) is 16.0. The highest BCUT2D eigenvalue weighted by Gasteiger charge is 2.12. The number of thiophene rings is 1. The molecule has 0 saturated carbocycles. The van der Waals surface area contributed by atoms with Crippen molar-refractivity contribution in [2.45, 2.75) is 0 Å². The van der Waals surface area contributed by atoms with Gasteiger partial charge in [-0.2, -0.15) is 5.26 Å². The second kappa shape index (κ2) is 12.9. The van der Waals surface area contributed by atoms with Gasteiger partial charge in [0.25, 0.3) is 0 Å². The Hall–Kier alpha value is -6.21. The van der Waals surface area contributed by atoms with Crippen LogP contribution in [0.15, 0.2) is 170 Å². The molecule has 3 heteroatoms. The third-order valence-electron chi connectivity index (χ3n) is 8.65. The second-order valence-corrected chi connectivity index (χ2v) is 12.9. The maximum atomic E-state index is 9.52. The summed E-state index contributed by atoms with van der Waals surface area (Å²) in [5, 5.41) is 15.8. The average Bonchev–Trinajstić information content (AvgIpc) is 3.53. The lowest BCUT2D eigenvalue weighted by atomic mass is 9.94. The zero-order chi connectivity index (χ0) is 32.3. The molecule has 0 spiro atoms. The lowest BCUT2D eigenvalue weighted by molar-refractivity contribution is 1.48. The summed E-state index contributed by atoms with van der Waals surface area (Å²) in [6, 6.07) is 61.7. The molecule has 0 fully saturated rings. The highest BCUT2D eigenvalue weighted by molar-refractivity contribution is 7.25. The molecule has 1 aromatic heterocycles. The topological polar surface area (TPSA) is 35.8 Å². The van der Waals surface area contributed by atoms with Crippen molar-refractivity contribution in [3.8, 4) is 28.3 Å². The number of rotatable bonds is 7. The molecule has 48 heavy (non-hydrogen) atoms. The summed E-state index contributed by atoms with van der Waals surface area (Å²) in [4.78, 5) is 0. The van der Waals surface area contributed by atoms with Gasteiger partial charge in [-0.3, -0.25) is 0 Å². The van der Waals surface area contributed by atoms with Crippen molar-refractivity contribution in [2.24, 2.45) is 0 Å². The van der Waals surface area contributed by atoms with Gasteiger partial charge in [-0.15, -0.1) is 11.3 Å².